The zero-order valence-electron chi connectivity index (χ0n) is 14.7. The van der Waals surface area contributed by atoms with Crippen molar-refractivity contribution in [2.45, 2.75) is 32.7 Å². The number of pyridine rings is 2. The van der Waals surface area contributed by atoms with Crippen LogP contribution < -0.4 is 9.47 Å². The number of aliphatic hydroxyl groups is 1. The Labute approximate surface area is 151 Å². The summed E-state index contributed by atoms with van der Waals surface area (Å²) in [6.07, 6.45) is 3.35. The van der Waals surface area contributed by atoms with Crippen LogP contribution in [0.4, 0.5) is 0 Å². The van der Waals surface area contributed by atoms with E-state index in [1.165, 1.54) is 25.6 Å². The van der Waals surface area contributed by atoms with E-state index in [0.717, 1.165) is 12.8 Å². The highest BCUT2D eigenvalue weighted by Gasteiger charge is 2.18. The van der Waals surface area contributed by atoms with Crippen LogP contribution in [0.15, 0.2) is 30.6 Å². The highest BCUT2D eigenvalue weighted by molar-refractivity contribution is 5.86. The topological polar surface area (TPSA) is 111 Å². The summed E-state index contributed by atoms with van der Waals surface area (Å²) in [5.74, 6) is -0.562. The number of carboxylic acids is 1. The quantitative estimate of drug-likeness (QED) is 0.490. The third kappa shape index (κ3) is 5.14. The van der Waals surface area contributed by atoms with Gasteiger partial charge in [-0.2, -0.15) is 0 Å². The molecule has 8 heteroatoms. The summed E-state index contributed by atoms with van der Waals surface area (Å²) >= 11 is 0. The summed E-state index contributed by atoms with van der Waals surface area (Å²) < 4.78 is 16.2. The van der Waals surface area contributed by atoms with Crippen LogP contribution in [-0.4, -0.2) is 39.9 Å². The van der Waals surface area contributed by atoms with Crippen LogP contribution >= 0.6 is 0 Å². The molecule has 0 radical (unpaired) electrons. The van der Waals surface area contributed by atoms with Gasteiger partial charge in [-0.05, 0) is 12.5 Å². The summed E-state index contributed by atoms with van der Waals surface area (Å²) in [6, 6.07) is 4.76. The zero-order chi connectivity index (χ0) is 18.9. The Morgan fingerprint density at radius 1 is 1.35 bits per heavy atom. The molecule has 1 unspecified atom stereocenters. The summed E-state index contributed by atoms with van der Waals surface area (Å²) in [7, 11) is 1.46. The molecule has 0 saturated carbocycles. The van der Waals surface area contributed by atoms with E-state index in [9.17, 15) is 15.0 Å². The number of rotatable bonds is 10. The smallest absolute Gasteiger partial charge is 0.354 e. The van der Waals surface area contributed by atoms with E-state index in [0.29, 0.717) is 23.6 Å². The average molecular weight is 362 g/mol. The first kappa shape index (κ1) is 19.6. The first-order chi connectivity index (χ1) is 12.6. The Kier molecular flexibility index (Phi) is 7.31. The van der Waals surface area contributed by atoms with Crippen LogP contribution in [0.5, 0.6) is 11.6 Å². The fourth-order valence-corrected chi connectivity index (χ4v) is 2.20. The summed E-state index contributed by atoms with van der Waals surface area (Å²) in [6.45, 7) is 2.37. The molecule has 0 spiro atoms. The Bertz CT molecular complexity index is 737. The van der Waals surface area contributed by atoms with Gasteiger partial charge in [0.25, 0.3) is 0 Å². The number of methoxy groups -OCH3 is 1. The highest BCUT2D eigenvalue weighted by atomic mass is 16.6. The molecule has 2 heterocycles. The summed E-state index contributed by atoms with van der Waals surface area (Å²) in [4.78, 5) is 19.1. The lowest BCUT2D eigenvalue weighted by Crippen LogP contribution is -2.11. The van der Waals surface area contributed by atoms with Crippen molar-refractivity contribution in [1.82, 2.24) is 9.97 Å². The van der Waals surface area contributed by atoms with Gasteiger partial charge in [0.1, 0.15) is 12.4 Å². The second-order valence-corrected chi connectivity index (χ2v) is 5.45. The van der Waals surface area contributed by atoms with E-state index in [1.807, 2.05) is 6.92 Å². The third-order valence-corrected chi connectivity index (χ3v) is 3.60. The third-order valence-electron chi connectivity index (χ3n) is 3.60. The summed E-state index contributed by atoms with van der Waals surface area (Å²) in [5.41, 5.74) is 0.673. The van der Waals surface area contributed by atoms with Crippen molar-refractivity contribution in [1.29, 1.82) is 0 Å². The molecule has 8 nitrogen and oxygen atoms in total. The lowest BCUT2D eigenvalue weighted by Gasteiger charge is -2.17. The van der Waals surface area contributed by atoms with Crippen molar-refractivity contribution in [3.05, 3.63) is 47.4 Å². The predicted octanol–water partition coefficient (Wildman–Crippen LogP) is 2.57. The molecule has 2 rings (SSSR count). The van der Waals surface area contributed by atoms with E-state index in [-0.39, 0.29) is 18.1 Å². The minimum atomic E-state index is -1.21. The van der Waals surface area contributed by atoms with Crippen molar-refractivity contribution >= 4 is 5.97 Å². The van der Waals surface area contributed by atoms with Crippen LogP contribution in [0, 0.1) is 0 Å². The molecule has 2 aromatic rings. The molecule has 0 aliphatic carbocycles. The lowest BCUT2D eigenvalue weighted by molar-refractivity contribution is -0.105. The molecule has 0 aliphatic rings. The van der Waals surface area contributed by atoms with Gasteiger partial charge in [0.05, 0.1) is 25.5 Å². The van der Waals surface area contributed by atoms with Gasteiger partial charge in [0.15, 0.2) is 12.0 Å². The molecule has 1 atom stereocenters. The van der Waals surface area contributed by atoms with Crippen LogP contribution in [0.3, 0.4) is 0 Å². The maximum Gasteiger partial charge on any atom is 0.354 e. The number of aromatic nitrogens is 2. The number of aliphatic hydroxyl groups excluding tert-OH is 1. The van der Waals surface area contributed by atoms with Gasteiger partial charge in [-0.15, -0.1) is 0 Å². The number of carbonyl (C=O) groups is 1. The Balaban J connectivity index is 2.19. The molecule has 140 valence electrons. The minimum absolute atomic E-state index is 0.0435. The van der Waals surface area contributed by atoms with Gasteiger partial charge in [0, 0.05) is 17.8 Å². The van der Waals surface area contributed by atoms with Crippen molar-refractivity contribution in [3.63, 3.8) is 0 Å². The van der Waals surface area contributed by atoms with Gasteiger partial charge in [-0.25, -0.2) is 14.8 Å². The van der Waals surface area contributed by atoms with Gasteiger partial charge in [-0.1, -0.05) is 19.4 Å². The van der Waals surface area contributed by atoms with E-state index < -0.39 is 12.3 Å². The fraction of sp³-hybridized carbons (Fsp3) is 0.389. The van der Waals surface area contributed by atoms with Crippen molar-refractivity contribution < 1.29 is 29.2 Å². The molecule has 0 amide bonds. The molecule has 2 aromatic heterocycles. The monoisotopic (exact) mass is 362 g/mol. The molecular formula is C18H22N2O6. The zero-order valence-corrected chi connectivity index (χ0v) is 14.7. The van der Waals surface area contributed by atoms with Crippen LogP contribution in [0.2, 0.25) is 0 Å². The van der Waals surface area contributed by atoms with E-state index >= 15 is 0 Å². The molecule has 0 aromatic carbocycles. The van der Waals surface area contributed by atoms with Gasteiger partial charge >= 0.3 is 5.97 Å². The molecule has 0 aliphatic heterocycles. The van der Waals surface area contributed by atoms with Crippen molar-refractivity contribution in [2.75, 3.05) is 13.7 Å². The summed E-state index contributed by atoms with van der Waals surface area (Å²) in [5, 5.41) is 19.5. The second-order valence-electron chi connectivity index (χ2n) is 5.45. The molecule has 0 fully saturated rings. The minimum Gasteiger partial charge on any atom is -0.487 e. The van der Waals surface area contributed by atoms with Gasteiger partial charge < -0.3 is 24.4 Å². The lowest BCUT2D eigenvalue weighted by atomic mass is 10.2. The number of aromatic carboxylic acids is 1. The Morgan fingerprint density at radius 2 is 2.15 bits per heavy atom. The molecule has 0 saturated heterocycles. The number of carboxylic acid groups (broad SMARTS) is 1. The van der Waals surface area contributed by atoms with Crippen molar-refractivity contribution in [2.24, 2.45) is 0 Å². The first-order valence-electron chi connectivity index (χ1n) is 8.20. The van der Waals surface area contributed by atoms with E-state index in [1.54, 1.807) is 12.1 Å². The fourth-order valence-electron chi connectivity index (χ4n) is 2.20. The molecular weight excluding hydrogens is 340 g/mol. The van der Waals surface area contributed by atoms with Crippen LogP contribution in [0.25, 0.3) is 0 Å². The highest BCUT2D eigenvalue weighted by Crippen LogP contribution is 2.29. The first-order valence-corrected chi connectivity index (χ1v) is 8.20. The SMILES string of the molecule is CCCCOC(O)c1cc(OC)ncc1OCc1cccnc1C(=O)O. The maximum absolute atomic E-state index is 11.2. The number of hydrogen-bond donors (Lipinski definition) is 2. The second kappa shape index (κ2) is 9.69. The van der Waals surface area contributed by atoms with Crippen molar-refractivity contribution in [3.8, 4) is 11.6 Å². The number of unbranched alkanes of at least 4 members (excludes halogenated alkanes) is 1. The number of ether oxygens (including phenoxy) is 3. The van der Waals surface area contributed by atoms with Crippen LogP contribution in [-0.2, 0) is 11.3 Å². The van der Waals surface area contributed by atoms with E-state index in [4.69, 9.17) is 14.2 Å². The van der Waals surface area contributed by atoms with Gasteiger partial charge in [-0.3, -0.25) is 0 Å². The number of hydrogen-bond acceptors (Lipinski definition) is 7. The predicted molar refractivity (Wildman–Crippen MR) is 92.1 cm³/mol. The Morgan fingerprint density at radius 3 is 2.85 bits per heavy atom. The Hall–Kier alpha value is -2.71. The standard InChI is InChI=1S/C18H22N2O6/c1-3-4-8-25-18(23)13-9-15(24-2)20-10-14(13)26-11-12-6-5-7-19-16(12)17(21)22/h5-7,9-10,18,23H,3-4,8,11H2,1-2H3,(H,21,22). The molecule has 0 bridgehead atoms. The number of nitrogens with zero attached hydrogens (tertiary/aromatic N) is 2. The molecule has 2 N–H and O–H groups in total. The maximum atomic E-state index is 11.2. The largest absolute Gasteiger partial charge is 0.487 e. The normalized spacial score (nSPS) is 11.8. The van der Waals surface area contributed by atoms with Crippen LogP contribution in [0.1, 0.15) is 47.7 Å². The average Bonchev–Trinajstić information content (AvgIpc) is 2.66. The molecule has 26 heavy (non-hydrogen) atoms. The van der Waals surface area contributed by atoms with Gasteiger partial charge in [0.2, 0.25) is 5.88 Å². The van der Waals surface area contributed by atoms with E-state index in [2.05, 4.69) is 9.97 Å².